The zero-order valence-corrected chi connectivity index (χ0v) is 13.2. The summed E-state index contributed by atoms with van der Waals surface area (Å²) in [5.41, 5.74) is 1.84. The average Bonchev–Trinajstić information content (AvgIpc) is 2.39. The molecule has 1 saturated carbocycles. The molecule has 0 bridgehead atoms. The molecule has 0 saturated heterocycles. The van der Waals surface area contributed by atoms with Crippen molar-refractivity contribution in [2.24, 2.45) is 17.8 Å². The SMILES string of the molecule is CC(C)CC1CCCCC1C(C)(C)c1ccccc1. The lowest BCUT2D eigenvalue weighted by molar-refractivity contribution is 0.131. The molecule has 1 aromatic rings. The monoisotopic (exact) mass is 258 g/mol. The molecule has 2 unspecified atom stereocenters. The Balaban J connectivity index is 2.21. The zero-order chi connectivity index (χ0) is 13.9. The van der Waals surface area contributed by atoms with Crippen molar-refractivity contribution in [1.82, 2.24) is 0 Å². The van der Waals surface area contributed by atoms with Crippen LogP contribution in [0.3, 0.4) is 0 Å². The highest BCUT2D eigenvalue weighted by atomic mass is 14.4. The highest BCUT2D eigenvalue weighted by Gasteiger charge is 2.38. The van der Waals surface area contributed by atoms with Gasteiger partial charge >= 0.3 is 0 Å². The first kappa shape index (κ1) is 14.6. The second-order valence-corrected chi connectivity index (χ2v) is 7.37. The summed E-state index contributed by atoms with van der Waals surface area (Å²) in [6.45, 7) is 9.68. The Hall–Kier alpha value is -0.780. The van der Waals surface area contributed by atoms with E-state index in [2.05, 4.69) is 58.0 Å². The van der Waals surface area contributed by atoms with Crippen molar-refractivity contribution >= 4 is 0 Å². The maximum Gasteiger partial charge on any atom is -0.00727 e. The minimum atomic E-state index is 0.321. The minimum Gasteiger partial charge on any atom is -0.0628 e. The Morgan fingerprint density at radius 2 is 1.68 bits per heavy atom. The Bertz CT molecular complexity index is 374. The van der Waals surface area contributed by atoms with Gasteiger partial charge in [-0.05, 0) is 41.6 Å². The lowest BCUT2D eigenvalue weighted by atomic mass is 9.61. The van der Waals surface area contributed by atoms with Crippen LogP contribution in [0.1, 0.15) is 65.4 Å². The number of hydrogen-bond acceptors (Lipinski definition) is 0. The van der Waals surface area contributed by atoms with Crippen molar-refractivity contribution in [3.05, 3.63) is 35.9 Å². The molecule has 0 spiro atoms. The fraction of sp³-hybridized carbons (Fsp3) is 0.684. The van der Waals surface area contributed by atoms with E-state index in [0.29, 0.717) is 5.41 Å². The molecule has 0 aromatic heterocycles. The van der Waals surface area contributed by atoms with Gasteiger partial charge in [-0.25, -0.2) is 0 Å². The second kappa shape index (κ2) is 6.11. The van der Waals surface area contributed by atoms with Crippen molar-refractivity contribution < 1.29 is 0 Å². The third kappa shape index (κ3) is 3.41. The van der Waals surface area contributed by atoms with Crippen molar-refractivity contribution in [3.63, 3.8) is 0 Å². The van der Waals surface area contributed by atoms with Crippen LogP contribution in [0.4, 0.5) is 0 Å². The van der Waals surface area contributed by atoms with E-state index in [9.17, 15) is 0 Å². The molecule has 0 nitrogen and oxygen atoms in total. The van der Waals surface area contributed by atoms with E-state index in [1.165, 1.54) is 37.7 Å². The molecule has 0 amide bonds. The van der Waals surface area contributed by atoms with Gasteiger partial charge in [0.1, 0.15) is 0 Å². The normalized spacial score (nSPS) is 24.7. The molecule has 1 fully saturated rings. The summed E-state index contributed by atoms with van der Waals surface area (Å²) in [5, 5.41) is 0. The van der Waals surface area contributed by atoms with Gasteiger partial charge in [0.2, 0.25) is 0 Å². The van der Waals surface area contributed by atoms with Gasteiger partial charge in [-0.2, -0.15) is 0 Å². The summed E-state index contributed by atoms with van der Waals surface area (Å²) in [6.07, 6.45) is 7.13. The van der Waals surface area contributed by atoms with Crippen LogP contribution >= 0.6 is 0 Å². The molecule has 0 radical (unpaired) electrons. The van der Waals surface area contributed by atoms with Crippen LogP contribution in [0.5, 0.6) is 0 Å². The predicted molar refractivity (Wildman–Crippen MR) is 84.4 cm³/mol. The van der Waals surface area contributed by atoms with E-state index >= 15 is 0 Å². The standard InChI is InChI=1S/C19H30/c1-15(2)14-16-10-8-9-13-18(16)19(3,4)17-11-6-5-7-12-17/h5-7,11-12,15-16,18H,8-10,13-14H2,1-4H3. The molecule has 2 atom stereocenters. The van der Waals surface area contributed by atoms with Gasteiger partial charge < -0.3 is 0 Å². The number of benzene rings is 1. The second-order valence-electron chi connectivity index (χ2n) is 7.37. The Morgan fingerprint density at radius 1 is 1.05 bits per heavy atom. The van der Waals surface area contributed by atoms with Gasteiger partial charge in [0, 0.05) is 0 Å². The molecule has 106 valence electrons. The summed E-state index contributed by atoms with van der Waals surface area (Å²) in [7, 11) is 0. The Morgan fingerprint density at radius 3 is 2.32 bits per heavy atom. The molecule has 2 rings (SSSR count). The Kier molecular flexibility index (Phi) is 4.71. The molecule has 0 heterocycles. The number of hydrogen-bond donors (Lipinski definition) is 0. The van der Waals surface area contributed by atoms with Gasteiger partial charge in [-0.1, -0.05) is 77.3 Å². The molecule has 0 N–H and O–H groups in total. The zero-order valence-electron chi connectivity index (χ0n) is 13.2. The molecular formula is C19H30. The summed E-state index contributed by atoms with van der Waals surface area (Å²) in [6, 6.07) is 11.2. The largest absolute Gasteiger partial charge is 0.0628 e. The van der Waals surface area contributed by atoms with Gasteiger partial charge in [-0.3, -0.25) is 0 Å². The molecule has 1 aliphatic rings. The topological polar surface area (TPSA) is 0 Å². The first-order valence-corrected chi connectivity index (χ1v) is 8.07. The van der Waals surface area contributed by atoms with E-state index in [1.54, 1.807) is 0 Å². The molecular weight excluding hydrogens is 228 g/mol. The highest BCUT2D eigenvalue weighted by Crippen LogP contribution is 2.45. The van der Waals surface area contributed by atoms with Gasteiger partial charge in [-0.15, -0.1) is 0 Å². The average molecular weight is 258 g/mol. The van der Waals surface area contributed by atoms with Crippen LogP contribution in [-0.2, 0) is 5.41 Å². The summed E-state index contributed by atoms with van der Waals surface area (Å²) < 4.78 is 0. The van der Waals surface area contributed by atoms with Crippen LogP contribution in [-0.4, -0.2) is 0 Å². The fourth-order valence-corrected chi connectivity index (χ4v) is 4.13. The summed E-state index contributed by atoms with van der Waals surface area (Å²) >= 11 is 0. The number of rotatable bonds is 4. The smallest absolute Gasteiger partial charge is 0.00727 e. The minimum absolute atomic E-state index is 0.321. The molecule has 19 heavy (non-hydrogen) atoms. The van der Waals surface area contributed by atoms with Crippen LogP contribution < -0.4 is 0 Å². The van der Waals surface area contributed by atoms with E-state index in [1.807, 2.05) is 0 Å². The first-order chi connectivity index (χ1) is 9.01. The lowest BCUT2D eigenvalue weighted by Gasteiger charge is -2.43. The van der Waals surface area contributed by atoms with Crippen molar-refractivity contribution in [1.29, 1.82) is 0 Å². The van der Waals surface area contributed by atoms with Crippen LogP contribution in [0.2, 0.25) is 0 Å². The van der Waals surface area contributed by atoms with Crippen LogP contribution in [0, 0.1) is 17.8 Å². The summed E-state index contributed by atoms with van der Waals surface area (Å²) in [4.78, 5) is 0. The van der Waals surface area contributed by atoms with Crippen LogP contribution in [0.25, 0.3) is 0 Å². The molecule has 1 aromatic carbocycles. The summed E-state index contributed by atoms with van der Waals surface area (Å²) in [5.74, 6) is 2.60. The molecule has 1 aliphatic carbocycles. The van der Waals surface area contributed by atoms with E-state index in [4.69, 9.17) is 0 Å². The third-order valence-electron chi connectivity index (χ3n) is 5.13. The lowest BCUT2D eigenvalue weighted by Crippen LogP contribution is -2.37. The highest BCUT2D eigenvalue weighted by molar-refractivity contribution is 5.25. The molecule has 0 aliphatic heterocycles. The van der Waals surface area contributed by atoms with E-state index in [0.717, 1.165) is 17.8 Å². The maximum absolute atomic E-state index is 2.46. The Labute approximate surface area is 119 Å². The van der Waals surface area contributed by atoms with Gasteiger partial charge in [0.05, 0.1) is 0 Å². The fourth-order valence-electron chi connectivity index (χ4n) is 4.13. The van der Waals surface area contributed by atoms with Gasteiger partial charge in [0.25, 0.3) is 0 Å². The van der Waals surface area contributed by atoms with Gasteiger partial charge in [0.15, 0.2) is 0 Å². The van der Waals surface area contributed by atoms with E-state index < -0.39 is 0 Å². The third-order valence-corrected chi connectivity index (χ3v) is 5.13. The van der Waals surface area contributed by atoms with E-state index in [-0.39, 0.29) is 0 Å². The maximum atomic E-state index is 2.46. The van der Waals surface area contributed by atoms with Crippen molar-refractivity contribution in [3.8, 4) is 0 Å². The van der Waals surface area contributed by atoms with Crippen molar-refractivity contribution in [2.45, 2.75) is 65.2 Å². The molecule has 0 heteroatoms. The van der Waals surface area contributed by atoms with Crippen molar-refractivity contribution in [2.75, 3.05) is 0 Å². The first-order valence-electron chi connectivity index (χ1n) is 8.07. The van der Waals surface area contributed by atoms with Crippen LogP contribution in [0.15, 0.2) is 30.3 Å². The predicted octanol–water partition coefficient (Wildman–Crippen LogP) is 5.82. The quantitative estimate of drug-likeness (QED) is 0.638.